The van der Waals surface area contributed by atoms with Crippen LogP contribution in [0.4, 0.5) is 0 Å². The van der Waals surface area contributed by atoms with Crippen LogP contribution in [-0.2, 0) is 0 Å². The summed E-state index contributed by atoms with van der Waals surface area (Å²) in [5.41, 5.74) is 0.942. The lowest BCUT2D eigenvalue weighted by molar-refractivity contribution is 1.09. The number of benzene rings is 1. The van der Waals surface area contributed by atoms with E-state index in [9.17, 15) is 10.1 Å². The molecule has 0 atom stereocenters. The molecule has 106 valence electrons. The van der Waals surface area contributed by atoms with Crippen LogP contribution in [0, 0.1) is 11.3 Å². The van der Waals surface area contributed by atoms with E-state index >= 15 is 0 Å². The van der Waals surface area contributed by atoms with Gasteiger partial charge in [-0.1, -0.05) is 29.8 Å². The Balaban J connectivity index is 2.24. The first-order valence-electron chi connectivity index (χ1n) is 6.41. The van der Waals surface area contributed by atoms with Crippen LogP contribution in [0.5, 0.6) is 0 Å². The van der Waals surface area contributed by atoms with Gasteiger partial charge in [0.25, 0.3) is 5.56 Å². The van der Waals surface area contributed by atoms with Crippen molar-refractivity contribution in [2.75, 3.05) is 0 Å². The van der Waals surface area contributed by atoms with Gasteiger partial charge in [-0.15, -0.1) is 0 Å². The van der Waals surface area contributed by atoms with E-state index in [1.54, 1.807) is 48.7 Å². The average molecular weight is 309 g/mol. The number of aromatic nitrogens is 3. The molecule has 0 aliphatic heterocycles. The molecule has 0 spiro atoms. The average Bonchev–Trinajstić information content (AvgIpc) is 2.55. The van der Waals surface area contributed by atoms with Crippen LogP contribution >= 0.6 is 11.6 Å². The molecule has 3 rings (SSSR count). The Morgan fingerprint density at radius 3 is 2.55 bits per heavy atom. The third-order valence-electron chi connectivity index (χ3n) is 3.06. The summed E-state index contributed by atoms with van der Waals surface area (Å²) in [4.78, 5) is 23.3. The summed E-state index contributed by atoms with van der Waals surface area (Å²) >= 11 is 5.87. The van der Waals surface area contributed by atoms with Gasteiger partial charge in [-0.25, -0.2) is 4.98 Å². The Labute approximate surface area is 130 Å². The summed E-state index contributed by atoms with van der Waals surface area (Å²) in [6, 6.07) is 14.0. The minimum atomic E-state index is -0.497. The van der Waals surface area contributed by atoms with Crippen LogP contribution in [0.3, 0.4) is 0 Å². The second kappa shape index (κ2) is 5.80. The summed E-state index contributed by atoms with van der Waals surface area (Å²) in [5, 5.41) is 9.79. The number of halogens is 1. The first kappa shape index (κ1) is 14.0. The van der Waals surface area contributed by atoms with Gasteiger partial charge in [0.2, 0.25) is 0 Å². The molecule has 1 N–H and O–H groups in total. The number of aromatic amines is 1. The van der Waals surface area contributed by atoms with Crippen molar-refractivity contribution in [2.24, 2.45) is 0 Å². The van der Waals surface area contributed by atoms with Crippen LogP contribution in [-0.4, -0.2) is 15.0 Å². The van der Waals surface area contributed by atoms with Crippen molar-refractivity contribution in [2.45, 2.75) is 0 Å². The van der Waals surface area contributed by atoms with Gasteiger partial charge in [0.1, 0.15) is 17.3 Å². The minimum Gasteiger partial charge on any atom is -0.304 e. The second-order valence-corrected chi connectivity index (χ2v) is 4.91. The molecule has 0 radical (unpaired) electrons. The summed E-state index contributed by atoms with van der Waals surface area (Å²) in [6.45, 7) is 0. The summed E-state index contributed by atoms with van der Waals surface area (Å²) in [5.74, 6) is 0.314. The predicted octanol–water partition coefficient (Wildman–Crippen LogP) is 3.02. The van der Waals surface area contributed by atoms with Crippen LogP contribution in [0.25, 0.3) is 22.8 Å². The summed E-state index contributed by atoms with van der Waals surface area (Å²) < 4.78 is 0. The lowest BCUT2D eigenvalue weighted by atomic mass is 10.1. The highest BCUT2D eigenvalue weighted by Gasteiger charge is 2.14. The summed E-state index contributed by atoms with van der Waals surface area (Å²) in [7, 11) is 0. The topological polar surface area (TPSA) is 82.4 Å². The molecule has 1 aromatic carbocycles. The molecule has 2 aromatic heterocycles. The Morgan fingerprint density at radius 2 is 1.91 bits per heavy atom. The second-order valence-electron chi connectivity index (χ2n) is 4.47. The molecule has 6 heteroatoms. The van der Waals surface area contributed by atoms with Gasteiger partial charge < -0.3 is 4.98 Å². The van der Waals surface area contributed by atoms with Gasteiger partial charge in [-0.3, -0.25) is 9.78 Å². The molecule has 0 saturated carbocycles. The largest absolute Gasteiger partial charge is 0.304 e. The number of hydrogen-bond acceptors (Lipinski definition) is 4. The Hall–Kier alpha value is -2.97. The van der Waals surface area contributed by atoms with E-state index in [0.29, 0.717) is 27.8 Å². The number of pyridine rings is 1. The standard InChI is InChI=1S/C16H9ClN4O/c17-11-6-4-10(5-7-11)14-12(9-18)16(22)21-15(20-14)13-3-1-2-8-19-13/h1-8H,(H,20,21,22). The molecule has 0 amide bonds. The smallest absolute Gasteiger partial charge is 0.269 e. The maximum atomic E-state index is 12.1. The zero-order chi connectivity index (χ0) is 15.5. The molecule has 5 nitrogen and oxygen atoms in total. The third-order valence-corrected chi connectivity index (χ3v) is 3.31. The normalized spacial score (nSPS) is 10.2. The van der Waals surface area contributed by atoms with E-state index in [2.05, 4.69) is 15.0 Å². The molecule has 22 heavy (non-hydrogen) atoms. The number of H-pyrrole nitrogens is 1. The Kier molecular flexibility index (Phi) is 3.69. The molecule has 0 aliphatic carbocycles. The molecule has 0 bridgehead atoms. The van der Waals surface area contributed by atoms with Gasteiger partial charge >= 0.3 is 0 Å². The van der Waals surface area contributed by atoms with Crippen molar-refractivity contribution in [3.8, 4) is 28.8 Å². The highest BCUT2D eigenvalue weighted by molar-refractivity contribution is 6.30. The van der Waals surface area contributed by atoms with Crippen molar-refractivity contribution >= 4 is 11.6 Å². The van der Waals surface area contributed by atoms with Gasteiger partial charge in [0, 0.05) is 16.8 Å². The zero-order valence-electron chi connectivity index (χ0n) is 11.2. The van der Waals surface area contributed by atoms with Crippen molar-refractivity contribution in [3.63, 3.8) is 0 Å². The number of nitrogens with one attached hydrogen (secondary N) is 1. The SMILES string of the molecule is N#Cc1c(-c2ccc(Cl)cc2)nc(-c2ccccn2)[nH]c1=O. The quantitative estimate of drug-likeness (QED) is 0.789. The summed E-state index contributed by atoms with van der Waals surface area (Å²) in [6.07, 6.45) is 1.61. The van der Waals surface area contributed by atoms with Gasteiger partial charge in [0.05, 0.1) is 5.69 Å². The van der Waals surface area contributed by atoms with Crippen LogP contribution in [0.2, 0.25) is 5.02 Å². The van der Waals surface area contributed by atoms with E-state index < -0.39 is 5.56 Å². The monoisotopic (exact) mass is 308 g/mol. The fourth-order valence-corrected chi connectivity index (χ4v) is 2.14. The number of hydrogen-bond donors (Lipinski definition) is 1. The van der Waals surface area contributed by atoms with Crippen LogP contribution < -0.4 is 5.56 Å². The highest BCUT2D eigenvalue weighted by atomic mass is 35.5. The number of nitriles is 1. The molecule has 2 heterocycles. The third kappa shape index (κ3) is 2.60. The highest BCUT2D eigenvalue weighted by Crippen LogP contribution is 2.23. The first-order chi connectivity index (χ1) is 10.7. The maximum absolute atomic E-state index is 12.1. The molecule has 0 fully saturated rings. The first-order valence-corrected chi connectivity index (χ1v) is 6.78. The van der Waals surface area contributed by atoms with E-state index in [1.807, 2.05) is 6.07 Å². The minimum absolute atomic E-state index is 0.0398. The fourth-order valence-electron chi connectivity index (χ4n) is 2.02. The molecule has 0 aliphatic rings. The Morgan fingerprint density at radius 1 is 1.14 bits per heavy atom. The van der Waals surface area contributed by atoms with Gasteiger partial charge in [-0.05, 0) is 24.3 Å². The Bertz CT molecular complexity index is 912. The molecule has 3 aromatic rings. The van der Waals surface area contributed by atoms with Crippen molar-refractivity contribution < 1.29 is 0 Å². The maximum Gasteiger partial charge on any atom is 0.269 e. The van der Waals surface area contributed by atoms with E-state index in [-0.39, 0.29) is 5.56 Å². The van der Waals surface area contributed by atoms with Crippen molar-refractivity contribution in [1.29, 1.82) is 5.26 Å². The van der Waals surface area contributed by atoms with Gasteiger partial charge in [-0.2, -0.15) is 5.26 Å². The van der Waals surface area contributed by atoms with Crippen LogP contribution in [0.15, 0.2) is 53.5 Å². The lowest BCUT2D eigenvalue weighted by Gasteiger charge is -2.06. The molecule has 0 unspecified atom stereocenters. The number of rotatable bonds is 2. The number of nitrogens with zero attached hydrogens (tertiary/aromatic N) is 3. The van der Waals surface area contributed by atoms with E-state index in [4.69, 9.17) is 11.6 Å². The lowest BCUT2D eigenvalue weighted by Crippen LogP contribution is -2.15. The zero-order valence-corrected chi connectivity index (χ0v) is 12.0. The van der Waals surface area contributed by atoms with Gasteiger partial charge in [0.15, 0.2) is 5.82 Å². The van der Waals surface area contributed by atoms with E-state index in [0.717, 1.165) is 0 Å². The molecular weight excluding hydrogens is 300 g/mol. The van der Waals surface area contributed by atoms with Crippen LogP contribution in [0.1, 0.15) is 5.56 Å². The van der Waals surface area contributed by atoms with Crippen molar-refractivity contribution in [3.05, 3.63) is 69.6 Å². The van der Waals surface area contributed by atoms with E-state index in [1.165, 1.54) is 0 Å². The predicted molar refractivity (Wildman–Crippen MR) is 83.2 cm³/mol. The molecular formula is C16H9ClN4O. The van der Waals surface area contributed by atoms with Crippen molar-refractivity contribution in [1.82, 2.24) is 15.0 Å². The fraction of sp³-hybridized carbons (Fsp3) is 0. The molecule has 0 saturated heterocycles.